The first-order chi connectivity index (χ1) is 13.4. The monoisotopic (exact) mass is 423 g/mol. The Morgan fingerprint density at radius 1 is 1.36 bits per heavy atom. The van der Waals surface area contributed by atoms with Crippen LogP contribution in [0.2, 0.25) is 0 Å². The van der Waals surface area contributed by atoms with Crippen LogP contribution in [0.1, 0.15) is 12.5 Å². The lowest BCUT2D eigenvalue weighted by Crippen LogP contribution is -2.10. The highest BCUT2D eigenvalue weighted by Gasteiger charge is 2.19. The van der Waals surface area contributed by atoms with Crippen molar-refractivity contribution < 1.29 is 18.9 Å². The van der Waals surface area contributed by atoms with Gasteiger partial charge in [0.1, 0.15) is 12.1 Å². The number of ether oxygens (including phenoxy) is 2. The molecular weight excluding hydrogens is 401 g/mol. The first-order valence-electron chi connectivity index (χ1n) is 8.64. The van der Waals surface area contributed by atoms with Crippen molar-refractivity contribution in [3.8, 4) is 6.01 Å². The molecule has 4 N–H and O–H groups in total. The fourth-order valence-corrected chi connectivity index (χ4v) is 4.00. The summed E-state index contributed by atoms with van der Waals surface area (Å²) in [6.07, 6.45) is 0.175. The first kappa shape index (κ1) is 20.5. The molecule has 0 saturated heterocycles. The number of fused-ring (bicyclic) bond motifs is 1. The van der Waals surface area contributed by atoms with Crippen LogP contribution in [0.4, 0.5) is 5.82 Å². The molecule has 1 aromatic carbocycles. The number of nitrogens with zero attached hydrogens (tertiary/aromatic N) is 3. The number of aromatic nitrogens is 4. The number of H-pyrrole nitrogens is 1. The quantitative estimate of drug-likeness (QED) is 0.285. The van der Waals surface area contributed by atoms with E-state index in [1.165, 1.54) is 0 Å². The van der Waals surface area contributed by atoms with E-state index in [-0.39, 0.29) is 24.6 Å². The number of methoxy groups -OCH3 is 1. The minimum atomic E-state index is -3.35. The smallest absolute Gasteiger partial charge is 0.320 e. The minimum Gasteiger partial charge on any atom is -0.461 e. The van der Waals surface area contributed by atoms with Crippen molar-refractivity contribution in [1.29, 1.82) is 0 Å². The topological polar surface area (TPSA) is 128 Å². The van der Waals surface area contributed by atoms with Crippen molar-refractivity contribution in [2.45, 2.75) is 13.5 Å². The summed E-state index contributed by atoms with van der Waals surface area (Å²) >= 11 is 5.41. The van der Waals surface area contributed by atoms with Crippen molar-refractivity contribution >= 4 is 41.9 Å². The van der Waals surface area contributed by atoms with E-state index in [2.05, 4.69) is 15.0 Å². The van der Waals surface area contributed by atoms with E-state index in [1.54, 1.807) is 36.8 Å². The van der Waals surface area contributed by atoms with E-state index in [4.69, 9.17) is 27.4 Å². The second-order valence-corrected chi connectivity index (χ2v) is 9.07. The van der Waals surface area contributed by atoms with Gasteiger partial charge in [-0.3, -0.25) is 9.13 Å². The largest absolute Gasteiger partial charge is 0.461 e. The molecule has 0 radical (unpaired) electrons. The molecule has 9 nitrogen and oxygen atoms in total. The molecule has 1 atom stereocenters. The third-order valence-electron chi connectivity index (χ3n) is 4.23. The molecule has 2 heterocycles. The number of nitrogens with two attached hydrogens (primary N) is 1. The van der Waals surface area contributed by atoms with Crippen LogP contribution in [0.25, 0.3) is 11.2 Å². The van der Waals surface area contributed by atoms with E-state index < -0.39 is 7.37 Å². The maximum Gasteiger partial charge on any atom is 0.320 e. The van der Waals surface area contributed by atoms with Gasteiger partial charge in [0.15, 0.2) is 16.2 Å². The number of imidazole rings is 1. The standard InChI is InChI=1S/C17H22N5O4PS/c1-3-27(23,24)12-6-4-5-11(9-12)10-22-15-13(19-17(22)28)14(18)20-16(21-15)26-8-7-25-2/h4-6,9H,3,7-8,10H2,1-2H3,(H,19,28)(H,23,24)(H2,18,20,21). The average molecular weight is 423 g/mol. The van der Waals surface area contributed by atoms with Crippen LogP contribution >= 0.6 is 19.6 Å². The summed E-state index contributed by atoms with van der Waals surface area (Å²) in [4.78, 5) is 21.6. The Labute approximate surface area is 167 Å². The second kappa shape index (κ2) is 8.40. The number of nitrogen functional groups attached to an aromatic ring is 1. The zero-order valence-corrected chi connectivity index (χ0v) is 17.3. The third-order valence-corrected chi connectivity index (χ3v) is 6.50. The molecule has 3 aromatic rings. The number of hydrogen-bond donors (Lipinski definition) is 3. The predicted octanol–water partition coefficient (Wildman–Crippen LogP) is 2.06. The van der Waals surface area contributed by atoms with Gasteiger partial charge in [-0.15, -0.1) is 0 Å². The van der Waals surface area contributed by atoms with Gasteiger partial charge in [0.05, 0.1) is 13.2 Å². The van der Waals surface area contributed by atoms with Gasteiger partial charge in [0.25, 0.3) is 0 Å². The summed E-state index contributed by atoms with van der Waals surface area (Å²) in [5, 5.41) is 0.414. The number of anilines is 1. The van der Waals surface area contributed by atoms with Gasteiger partial charge in [0, 0.05) is 18.6 Å². The molecule has 3 rings (SSSR count). The van der Waals surface area contributed by atoms with Gasteiger partial charge in [-0.2, -0.15) is 9.97 Å². The van der Waals surface area contributed by atoms with Crippen LogP contribution < -0.4 is 15.8 Å². The normalized spacial score (nSPS) is 13.5. The molecule has 28 heavy (non-hydrogen) atoms. The Morgan fingerprint density at radius 3 is 2.86 bits per heavy atom. The van der Waals surface area contributed by atoms with Gasteiger partial charge < -0.3 is 25.1 Å². The van der Waals surface area contributed by atoms with E-state index in [1.807, 2.05) is 6.07 Å². The summed E-state index contributed by atoms with van der Waals surface area (Å²) in [6.45, 7) is 2.72. The number of benzene rings is 1. The Morgan fingerprint density at radius 2 is 2.14 bits per heavy atom. The van der Waals surface area contributed by atoms with E-state index in [0.29, 0.717) is 34.4 Å². The maximum absolute atomic E-state index is 12.3. The Hall–Kier alpha value is -2.26. The molecule has 0 aliphatic carbocycles. The molecule has 2 aromatic heterocycles. The lowest BCUT2D eigenvalue weighted by Gasteiger charge is -2.11. The number of nitrogens with one attached hydrogen (secondary N) is 1. The lowest BCUT2D eigenvalue weighted by atomic mass is 10.2. The molecular formula is C17H22N5O4PS. The summed E-state index contributed by atoms with van der Waals surface area (Å²) in [5.41, 5.74) is 7.84. The lowest BCUT2D eigenvalue weighted by molar-refractivity contribution is 0.141. The van der Waals surface area contributed by atoms with Gasteiger partial charge >= 0.3 is 6.01 Å². The summed E-state index contributed by atoms with van der Waals surface area (Å²) in [6, 6.07) is 7.12. The molecule has 11 heteroatoms. The molecule has 0 saturated carbocycles. The van der Waals surface area contributed by atoms with Crippen LogP contribution in [0.3, 0.4) is 0 Å². The fourth-order valence-electron chi connectivity index (χ4n) is 2.70. The van der Waals surface area contributed by atoms with Gasteiger partial charge in [-0.1, -0.05) is 19.1 Å². The van der Waals surface area contributed by atoms with Crippen molar-refractivity contribution in [2.24, 2.45) is 0 Å². The average Bonchev–Trinajstić information content (AvgIpc) is 2.99. The molecule has 0 bridgehead atoms. The van der Waals surface area contributed by atoms with E-state index in [0.717, 1.165) is 5.56 Å². The molecule has 1 unspecified atom stereocenters. The Bertz CT molecular complexity index is 1100. The predicted molar refractivity (Wildman–Crippen MR) is 110 cm³/mol. The Balaban J connectivity index is 1.99. The van der Waals surface area contributed by atoms with E-state index in [9.17, 15) is 9.46 Å². The Kier molecular flexibility index (Phi) is 6.14. The first-order valence-corrected chi connectivity index (χ1v) is 10.9. The van der Waals surface area contributed by atoms with Gasteiger partial charge in [-0.05, 0) is 29.9 Å². The summed E-state index contributed by atoms with van der Waals surface area (Å²) in [7, 11) is -1.78. The van der Waals surface area contributed by atoms with Crippen LogP contribution in [0, 0.1) is 4.77 Å². The maximum atomic E-state index is 12.3. The highest BCUT2D eigenvalue weighted by molar-refractivity contribution is 7.71. The van der Waals surface area contributed by atoms with Crippen LogP contribution in [-0.4, -0.2) is 50.9 Å². The zero-order valence-electron chi connectivity index (χ0n) is 15.6. The van der Waals surface area contributed by atoms with Crippen LogP contribution in [-0.2, 0) is 15.8 Å². The highest BCUT2D eigenvalue weighted by Crippen LogP contribution is 2.38. The third kappa shape index (κ3) is 4.25. The molecule has 0 amide bonds. The van der Waals surface area contributed by atoms with Gasteiger partial charge in [0.2, 0.25) is 7.37 Å². The minimum absolute atomic E-state index is 0.129. The highest BCUT2D eigenvalue weighted by atomic mass is 32.1. The number of rotatable bonds is 8. The van der Waals surface area contributed by atoms with E-state index >= 15 is 0 Å². The van der Waals surface area contributed by atoms with Crippen molar-refractivity contribution in [3.05, 3.63) is 34.6 Å². The van der Waals surface area contributed by atoms with Crippen LogP contribution in [0.15, 0.2) is 24.3 Å². The summed E-state index contributed by atoms with van der Waals surface area (Å²) in [5.74, 6) is 0.224. The van der Waals surface area contributed by atoms with Crippen molar-refractivity contribution in [3.63, 3.8) is 0 Å². The molecule has 0 aliphatic heterocycles. The zero-order chi connectivity index (χ0) is 20.3. The summed E-state index contributed by atoms with van der Waals surface area (Å²) < 4.78 is 24.9. The van der Waals surface area contributed by atoms with Crippen LogP contribution in [0.5, 0.6) is 6.01 Å². The molecule has 150 valence electrons. The van der Waals surface area contributed by atoms with Crippen molar-refractivity contribution in [1.82, 2.24) is 19.5 Å². The number of aromatic amines is 1. The molecule has 0 aliphatic rings. The fraction of sp³-hybridized carbons (Fsp3) is 0.353. The van der Waals surface area contributed by atoms with Gasteiger partial charge in [-0.25, -0.2) is 0 Å². The SMILES string of the molecule is CCP(=O)(O)c1cccc(Cn2c(=S)[nH]c3c(N)nc(OCCOC)nc32)c1. The molecule has 0 fully saturated rings. The van der Waals surface area contributed by atoms with Crippen molar-refractivity contribution in [2.75, 3.05) is 32.2 Å². The molecule has 0 spiro atoms. The second-order valence-electron chi connectivity index (χ2n) is 6.14. The number of hydrogen-bond acceptors (Lipinski definition) is 7.